The smallest absolute Gasteiger partial charge is 0.264 e. The summed E-state index contributed by atoms with van der Waals surface area (Å²) in [5.41, 5.74) is 1.59. The van der Waals surface area contributed by atoms with Crippen molar-refractivity contribution in [3.63, 3.8) is 0 Å². The third kappa shape index (κ3) is 2.55. The van der Waals surface area contributed by atoms with E-state index in [1.165, 1.54) is 16.6 Å². The Morgan fingerprint density at radius 1 is 1.19 bits per heavy atom. The van der Waals surface area contributed by atoms with Crippen molar-refractivity contribution >= 4 is 34.2 Å². The standard InChI is InChI=1S/C13H9N5OS2/c1-2-6-11-10(5-1)14-13(19-11)21-12-15-16-17-18(12)8-9-4-3-7-20-9/h1-7H,8H2. The zero-order valence-electron chi connectivity index (χ0n) is 10.7. The first kappa shape index (κ1) is 12.5. The Kier molecular flexibility index (Phi) is 3.17. The van der Waals surface area contributed by atoms with E-state index in [-0.39, 0.29) is 0 Å². The molecule has 0 spiro atoms. The molecule has 0 saturated heterocycles. The molecule has 8 heteroatoms. The highest BCUT2D eigenvalue weighted by molar-refractivity contribution is 7.99. The summed E-state index contributed by atoms with van der Waals surface area (Å²) >= 11 is 3.00. The quantitative estimate of drug-likeness (QED) is 0.576. The van der Waals surface area contributed by atoms with E-state index in [9.17, 15) is 0 Å². The Bertz CT molecular complexity index is 835. The van der Waals surface area contributed by atoms with E-state index in [2.05, 4.69) is 26.6 Å². The molecule has 0 unspecified atom stereocenters. The highest BCUT2D eigenvalue weighted by Crippen LogP contribution is 2.28. The molecule has 0 bridgehead atoms. The Morgan fingerprint density at radius 2 is 2.14 bits per heavy atom. The minimum Gasteiger partial charge on any atom is -0.431 e. The summed E-state index contributed by atoms with van der Waals surface area (Å²) < 4.78 is 7.42. The molecule has 4 rings (SSSR count). The Labute approximate surface area is 127 Å². The van der Waals surface area contributed by atoms with Crippen LogP contribution >= 0.6 is 23.1 Å². The van der Waals surface area contributed by atoms with E-state index >= 15 is 0 Å². The number of tetrazole rings is 1. The van der Waals surface area contributed by atoms with Gasteiger partial charge in [-0.25, -0.2) is 9.67 Å². The third-order valence-electron chi connectivity index (χ3n) is 2.84. The van der Waals surface area contributed by atoms with Gasteiger partial charge in [0, 0.05) is 16.6 Å². The second-order valence-electron chi connectivity index (χ2n) is 4.25. The monoisotopic (exact) mass is 315 g/mol. The topological polar surface area (TPSA) is 69.6 Å². The lowest BCUT2D eigenvalue weighted by Gasteiger charge is -1.99. The van der Waals surface area contributed by atoms with Crippen LogP contribution in [0.1, 0.15) is 4.88 Å². The average molecular weight is 315 g/mol. The summed E-state index contributed by atoms with van der Waals surface area (Å²) in [4.78, 5) is 5.61. The first-order chi connectivity index (χ1) is 10.4. The number of aromatic nitrogens is 5. The Balaban J connectivity index is 1.61. The number of benzene rings is 1. The minimum atomic E-state index is 0.540. The number of hydrogen-bond donors (Lipinski definition) is 0. The number of hydrogen-bond acceptors (Lipinski definition) is 7. The molecule has 6 nitrogen and oxygen atoms in total. The summed E-state index contributed by atoms with van der Waals surface area (Å²) in [5.74, 6) is 0. The highest BCUT2D eigenvalue weighted by Gasteiger charge is 2.13. The fraction of sp³-hybridized carbons (Fsp3) is 0.0769. The van der Waals surface area contributed by atoms with Crippen LogP contribution in [-0.2, 0) is 6.54 Å². The van der Waals surface area contributed by atoms with Crippen LogP contribution in [0.4, 0.5) is 0 Å². The normalized spacial score (nSPS) is 11.2. The summed E-state index contributed by atoms with van der Waals surface area (Å²) in [6.45, 7) is 0.646. The zero-order valence-corrected chi connectivity index (χ0v) is 12.3. The fourth-order valence-electron chi connectivity index (χ4n) is 1.89. The van der Waals surface area contributed by atoms with Gasteiger partial charge in [-0.2, -0.15) is 0 Å². The van der Waals surface area contributed by atoms with Gasteiger partial charge in [0.2, 0.25) is 5.16 Å². The Hall–Kier alpha value is -2.19. The van der Waals surface area contributed by atoms with Gasteiger partial charge in [0.1, 0.15) is 5.52 Å². The largest absolute Gasteiger partial charge is 0.431 e. The zero-order chi connectivity index (χ0) is 14.1. The maximum Gasteiger partial charge on any atom is 0.264 e. The molecule has 4 aromatic rings. The van der Waals surface area contributed by atoms with Crippen molar-refractivity contribution in [2.45, 2.75) is 16.9 Å². The van der Waals surface area contributed by atoms with Crippen LogP contribution in [0.3, 0.4) is 0 Å². The second-order valence-corrected chi connectivity index (χ2v) is 6.20. The maximum absolute atomic E-state index is 5.68. The van der Waals surface area contributed by atoms with Gasteiger partial charge in [-0.1, -0.05) is 18.2 Å². The van der Waals surface area contributed by atoms with Crippen molar-refractivity contribution in [2.75, 3.05) is 0 Å². The van der Waals surface area contributed by atoms with Crippen LogP contribution in [0.15, 0.2) is 56.6 Å². The molecule has 1 aromatic carbocycles. The van der Waals surface area contributed by atoms with Crippen molar-refractivity contribution in [3.8, 4) is 0 Å². The third-order valence-corrected chi connectivity index (χ3v) is 4.52. The number of fused-ring (bicyclic) bond motifs is 1. The maximum atomic E-state index is 5.68. The van der Waals surface area contributed by atoms with Gasteiger partial charge in [-0.3, -0.25) is 0 Å². The number of rotatable bonds is 4. The molecule has 104 valence electrons. The van der Waals surface area contributed by atoms with Crippen molar-refractivity contribution in [3.05, 3.63) is 46.7 Å². The first-order valence-electron chi connectivity index (χ1n) is 6.20. The van der Waals surface area contributed by atoms with Crippen molar-refractivity contribution < 1.29 is 4.42 Å². The van der Waals surface area contributed by atoms with Crippen molar-refractivity contribution in [1.29, 1.82) is 0 Å². The van der Waals surface area contributed by atoms with Crippen LogP contribution < -0.4 is 0 Å². The molecule has 0 aliphatic carbocycles. The van der Waals surface area contributed by atoms with Gasteiger partial charge in [0.15, 0.2) is 5.58 Å². The molecule has 0 amide bonds. The Morgan fingerprint density at radius 3 is 3.00 bits per heavy atom. The number of nitrogens with zero attached hydrogens (tertiary/aromatic N) is 5. The summed E-state index contributed by atoms with van der Waals surface area (Å²) in [6, 6.07) is 11.7. The van der Waals surface area contributed by atoms with E-state index in [1.807, 2.05) is 35.7 Å². The summed E-state index contributed by atoms with van der Waals surface area (Å²) in [6.07, 6.45) is 0. The number of oxazole rings is 1. The van der Waals surface area contributed by atoms with Crippen LogP contribution in [0.25, 0.3) is 11.1 Å². The van der Waals surface area contributed by atoms with Gasteiger partial charge in [0.05, 0.1) is 6.54 Å². The molecular formula is C13H9N5OS2. The summed E-state index contributed by atoms with van der Waals surface area (Å²) in [5, 5.41) is 15.0. The van der Waals surface area contributed by atoms with E-state index in [0.29, 0.717) is 16.9 Å². The first-order valence-corrected chi connectivity index (χ1v) is 7.90. The van der Waals surface area contributed by atoms with Crippen LogP contribution in [0.5, 0.6) is 0 Å². The van der Waals surface area contributed by atoms with Crippen molar-refractivity contribution in [1.82, 2.24) is 25.2 Å². The molecule has 0 saturated carbocycles. The lowest BCUT2D eigenvalue weighted by molar-refractivity contribution is 0.487. The molecule has 3 aromatic heterocycles. The minimum absolute atomic E-state index is 0.540. The molecule has 0 aliphatic rings. The number of para-hydroxylation sites is 2. The second kappa shape index (κ2) is 5.30. The van der Waals surface area contributed by atoms with E-state index in [1.54, 1.807) is 16.0 Å². The molecule has 0 N–H and O–H groups in total. The van der Waals surface area contributed by atoms with Crippen LogP contribution in [0, 0.1) is 0 Å². The predicted octanol–water partition coefficient (Wildman–Crippen LogP) is 3.08. The lowest BCUT2D eigenvalue weighted by Crippen LogP contribution is -2.02. The molecular weight excluding hydrogens is 306 g/mol. The average Bonchev–Trinajstić information content (AvgIpc) is 3.21. The SMILES string of the molecule is c1csc(Cn2nnnc2Sc2nc3ccccc3o2)c1. The van der Waals surface area contributed by atoms with E-state index in [0.717, 1.165) is 11.1 Å². The molecule has 21 heavy (non-hydrogen) atoms. The van der Waals surface area contributed by atoms with E-state index in [4.69, 9.17) is 4.42 Å². The van der Waals surface area contributed by atoms with Gasteiger partial charge >= 0.3 is 0 Å². The molecule has 0 fully saturated rings. The van der Waals surface area contributed by atoms with Gasteiger partial charge < -0.3 is 4.42 Å². The molecule has 0 aliphatic heterocycles. The fourth-order valence-corrected chi connectivity index (χ4v) is 3.29. The van der Waals surface area contributed by atoms with Gasteiger partial charge in [0.25, 0.3) is 5.22 Å². The van der Waals surface area contributed by atoms with E-state index < -0.39 is 0 Å². The van der Waals surface area contributed by atoms with Gasteiger partial charge in [-0.15, -0.1) is 16.4 Å². The predicted molar refractivity (Wildman–Crippen MR) is 79.4 cm³/mol. The molecule has 0 radical (unpaired) electrons. The van der Waals surface area contributed by atoms with Gasteiger partial charge in [-0.05, 0) is 34.0 Å². The lowest BCUT2D eigenvalue weighted by atomic mass is 10.3. The van der Waals surface area contributed by atoms with Crippen molar-refractivity contribution in [2.24, 2.45) is 0 Å². The highest BCUT2D eigenvalue weighted by atomic mass is 32.2. The number of thiophene rings is 1. The van der Waals surface area contributed by atoms with Crippen LogP contribution in [-0.4, -0.2) is 25.2 Å². The molecule has 0 atom stereocenters. The van der Waals surface area contributed by atoms with Crippen LogP contribution in [0.2, 0.25) is 0 Å². The summed E-state index contributed by atoms with van der Waals surface area (Å²) in [7, 11) is 0. The molecule has 3 heterocycles.